The van der Waals surface area contributed by atoms with Crippen LogP contribution in [0.25, 0.3) is 21.8 Å². The van der Waals surface area contributed by atoms with Gasteiger partial charge in [-0.05, 0) is 30.3 Å². The molecule has 0 aliphatic rings. The van der Waals surface area contributed by atoms with Crippen molar-refractivity contribution in [2.24, 2.45) is 0 Å². The van der Waals surface area contributed by atoms with Crippen LogP contribution in [0.4, 0.5) is 4.39 Å². The number of pyridine rings is 1. The van der Waals surface area contributed by atoms with Crippen LogP contribution in [0, 0.1) is 5.82 Å². The highest BCUT2D eigenvalue weighted by Crippen LogP contribution is 2.25. The number of fused-ring (bicyclic) bond motifs is 2. The molecule has 33 heavy (non-hydrogen) atoms. The number of aromatic nitrogens is 4. The number of carbonyl (C=O) groups excluding carboxylic acids is 1. The Hall–Kier alpha value is -4.27. The highest BCUT2D eigenvalue weighted by molar-refractivity contribution is 5.92. The zero-order valence-corrected chi connectivity index (χ0v) is 17.8. The summed E-state index contributed by atoms with van der Waals surface area (Å²) >= 11 is 0. The molecule has 0 fully saturated rings. The fourth-order valence-corrected chi connectivity index (χ4v) is 3.57. The van der Waals surface area contributed by atoms with Gasteiger partial charge >= 0.3 is 0 Å². The summed E-state index contributed by atoms with van der Waals surface area (Å²) in [6.07, 6.45) is 3.97. The summed E-state index contributed by atoms with van der Waals surface area (Å²) in [4.78, 5) is 25.9. The normalized spacial score (nSPS) is 11.2. The van der Waals surface area contributed by atoms with Crippen molar-refractivity contribution in [2.45, 2.75) is 13.0 Å². The summed E-state index contributed by atoms with van der Waals surface area (Å²) in [7, 11) is 1.68. The zero-order chi connectivity index (χ0) is 22.8. The minimum atomic E-state index is -0.326. The number of imidazole rings is 1. The number of hydrogen-bond acceptors (Lipinski definition) is 6. The van der Waals surface area contributed by atoms with Crippen molar-refractivity contribution in [3.63, 3.8) is 0 Å². The van der Waals surface area contributed by atoms with E-state index in [1.165, 1.54) is 17.0 Å². The van der Waals surface area contributed by atoms with Crippen LogP contribution in [-0.2, 0) is 13.0 Å². The van der Waals surface area contributed by atoms with Gasteiger partial charge in [0, 0.05) is 49.2 Å². The van der Waals surface area contributed by atoms with Crippen LogP contribution in [0.3, 0.4) is 0 Å². The number of H-pyrrole nitrogens is 1. The van der Waals surface area contributed by atoms with Crippen molar-refractivity contribution in [1.29, 1.82) is 0 Å². The number of halogens is 1. The van der Waals surface area contributed by atoms with Crippen molar-refractivity contribution < 1.29 is 18.4 Å². The second kappa shape index (κ2) is 8.70. The van der Waals surface area contributed by atoms with Crippen LogP contribution in [0.2, 0.25) is 0 Å². The maximum absolute atomic E-state index is 13.3. The first-order valence-corrected chi connectivity index (χ1v) is 10.4. The molecule has 0 saturated carbocycles. The van der Waals surface area contributed by atoms with E-state index in [-0.39, 0.29) is 24.0 Å². The summed E-state index contributed by atoms with van der Waals surface area (Å²) < 4.78 is 24.5. The molecular weight excluding hydrogens is 425 g/mol. The second-order valence-corrected chi connectivity index (χ2v) is 7.64. The van der Waals surface area contributed by atoms with Crippen LogP contribution in [0.15, 0.2) is 65.4 Å². The van der Waals surface area contributed by atoms with Crippen LogP contribution >= 0.6 is 0 Å². The van der Waals surface area contributed by atoms with Gasteiger partial charge in [0.2, 0.25) is 0 Å². The van der Waals surface area contributed by atoms with E-state index in [1.54, 1.807) is 31.6 Å². The lowest BCUT2D eigenvalue weighted by Gasteiger charge is -2.14. The second-order valence-electron chi connectivity index (χ2n) is 7.64. The van der Waals surface area contributed by atoms with Crippen LogP contribution < -0.4 is 4.74 Å². The van der Waals surface area contributed by atoms with Gasteiger partial charge < -0.3 is 19.1 Å². The molecule has 8 nitrogen and oxygen atoms in total. The highest BCUT2D eigenvalue weighted by atomic mass is 19.1. The molecule has 0 atom stereocenters. The number of nitrogens with one attached hydrogen (secondary N) is 1. The van der Waals surface area contributed by atoms with Crippen molar-refractivity contribution in [2.75, 3.05) is 13.6 Å². The number of ether oxygens (including phenoxy) is 1. The van der Waals surface area contributed by atoms with Gasteiger partial charge in [0.05, 0.1) is 11.0 Å². The molecule has 1 N–H and O–H groups in total. The van der Waals surface area contributed by atoms with E-state index >= 15 is 0 Å². The third kappa shape index (κ3) is 4.38. The lowest BCUT2D eigenvalue weighted by molar-refractivity contribution is 0.0785. The Morgan fingerprint density at radius 1 is 1.21 bits per heavy atom. The Morgan fingerprint density at radius 2 is 2.12 bits per heavy atom. The number of nitrogens with zero attached hydrogens (tertiary/aromatic N) is 4. The van der Waals surface area contributed by atoms with Crippen LogP contribution in [-0.4, -0.2) is 44.5 Å². The predicted molar refractivity (Wildman–Crippen MR) is 119 cm³/mol. The summed E-state index contributed by atoms with van der Waals surface area (Å²) in [5, 5.41) is 5.80. The molecule has 2 aromatic carbocycles. The Morgan fingerprint density at radius 3 is 3.03 bits per heavy atom. The van der Waals surface area contributed by atoms with E-state index in [0.29, 0.717) is 41.3 Å². The maximum atomic E-state index is 13.3. The van der Waals surface area contributed by atoms with E-state index in [1.807, 2.05) is 24.3 Å². The lowest BCUT2D eigenvalue weighted by atomic mass is 10.1. The number of aromatic amines is 1. The molecule has 0 aliphatic heterocycles. The average Bonchev–Trinajstić information content (AvgIpc) is 3.47. The summed E-state index contributed by atoms with van der Waals surface area (Å²) in [6.45, 7) is 0.546. The molecule has 0 saturated heterocycles. The van der Waals surface area contributed by atoms with Gasteiger partial charge in [0.1, 0.15) is 24.0 Å². The molecule has 0 unspecified atom stereocenters. The number of hydrogen-bond donors (Lipinski definition) is 1. The Kier molecular flexibility index (Phi) is 5.43. The first kappa shape index (κ1) is 20.6. The summed E-state index contributed by atoms with van der Waals surface area (Å²) in [5.41, 5.74) is 1.51. The standard InChI is InChI=1S/C24H20FN5O3/c1-30(10-8-23-27-19-6-5-16(25)11-20(19)28-23)24(31)21-12-17(33-29-21)14-32-22-4-2-3-15-13-26-9-7-18(15)22/h2-7,9,11-13H,8,10,14H2,1H3,(H,27,28). The number of amides is 1. The molecular formula is C24H20FN5O3. The lowest BCUT2D eigenvalue weighted by Crippen LogP contribution is -2.29. The number of rotatable bonds is 7. The van der Waals surface area contributed by atoms with E-state index in [0.717, 1.165) is 10.8 Å². The largest absolute Gasteiger partial charge is 0.485 e. The third-order valence-corrected chi connectivity index (χ3v) is 5.31. The Bertz CT molecular complexity index is 1440. The van der Waals surface area contributed by atoms with Gasteiger partial charge in [-0.15, -0.1) is 0 Å². The SMILES string of the molecule is CN(CCc1nc2ccc(F)cc2[nH]1)C(=O)c1cc(COc2cccc3cnccc23)on1. The minimum absolute atomic E-state index is 0.140. The van der Waals surface area contributed by atoms with Gasteiger partial charge in [-0.2, -0.15) is 0 Å². The van der Waals surface area contributed by atoms with E-state index in [4.69, 9.17) is 9.26 Å². The van der Waals surface area contributed by atoms with Gasteiger partial charge in [-0.1, -0.05) is 17.3 Å². The van der Waals surface area contributed by atoms with Crippen LogP contribution in [0.5, 0.6) is 5.75 Å². The molecule has 3 aromatic heterocycles. The predicted octanol–water partition coefficient (Wildman–Crippen LogP) is 4.13. The average molecular weight is 445 g/mol. The van der Waals surface area contributed by atoms with E-state index in [9.17, 15) is 9.18 Å². The molecule has 0 radical (unpaired) electrons. The Balaban J connectivity index is 1.20. The number of benzene rings is 2. The molecule has 166 valence electrons. The molecule has 1 amide bonds. The van der Waals surface area contributed by atoms with E-state index in [2.05, 4.69) is 20.1 Å². The first-order valence-electron chi connectivity index (χ1n) is 10.4. The monoisotopic (exact) mass is 445 g/mol. The molecule has 0 aliphatic carbocycles. The van der Waals surface area contributed by atoms with Crippen molar-refractivity contribution in [1.82, 2.24) is 25.0 Å². The molecule has 5 aromatic rings. The summed E-state index contributed by atoms with van der Waals surface area (Å²) in [5.74, 6) is 1.21. The highest BCUT2D eigenvalue weighted by Gasteiger charge is 2.18. The first-order chi connectivity index (χ1) is 16.1. The fourth-order valence-electron chi connectivity index (χ4n) is 3.57. The molecule has 3 heterocycles. The topological polar surface area (TPSA) is 97.1 Å². The molecule has 0 spiro atoms. The quantitative estimate of drug-likeness (QED) is 0.405. The molecule has 5 rings (SSSR count). The number of likely N-dealkylation sites (N-methyl/N-ethyl adjacent to an activating group) is 1. The summed E-state index contributed by atoms with van der Waals surface area (Å²) in [6, 6.07) is 13.6. The minimum Gasteiger partial charge on any atom is -0.485 e. The Labute approximate surface area is 188 Å². The molecule has 0 bridgehead atoms. The van der Waals surface area contributed by atoms with E-state index < -0.39 is 0 Å². The third-order valence-electron chi connectivity index (χ3n) is 5.31. The fraction of sp³-hybridized carbons (Fsp3) is 0.167. The zero-order valence-electron chi connectivity index (χ0n) is 17.8. The number of carbonyl (C=O) groups is 1. The maximum Gasteiger partial charge on any atom is 0.275 e. The molecule has 9 heteroatoms. The van der Waals surface area contributed by atoms with Crippen molar-refractivity contribution in [3.8, 4) is 5.75 Å². The smallest absolute Gasteiger partial charge is 0.275 e. The van der Waals surface area contributed by atoms with Crippen molar-refractivity contribution in [3.05, 3.63) is 84.0 Å². The van der Waals surface area contributed by atoms with Crippen LogP contribution in [0.1, 0.15) is 22.1 Å². The van der Waals surface area contributed by atoms with Crippen molar-refractivity contribution >= 4 is 27.7 Å². The van der Waals surface area contributed by atoms with Gasteiger partial charge in [-0.3, -0.25) is 9.78 Å². The van der Waals surface area contributed by atoms with Gasteiger partial charge in [-0.25, -0.2) is 9.37 Å². The van der Waals surface area contributed by atoms with Gasteiger partial charge in [0.25, 0.3) is 5.91 Å². The van der Waals surface area contributed by atoms with Gasteiger partial charge in [0.15, 0.2) is 11.5 Å².